The maximum Gasteiger partial charge on any atom is 0.230 e. The van der Waals surface area contributed by atoms with Crippen LogP contribution in [0.1, 0.15) is 12.8 Å². The standard InChI is InChI=1S/C10H12N6OS/c1-16-9-8(14-15-16)10(12-5-11-9)18-4-7(17)13-6-2-3-6/h5-6H,2-4H2,1H3,(H,13,17). The number of fused-ring (bicyclic) bond motifs is 1. The van der Waals surface area contributed by atoms with Gasteiger partial charge in [-0.1, -0.05) is 17.0 Å². The molecule has 0 aliphatic heterocycles. The fourth-order valence-electron chi connectivity index (χ4n) is 1.57. The molecule has 18 heavy (non-hydrogen) atoms. The first kappa shape index (κ1) is 11.4. The molecule has 1 N–H and O–H groups in total. The predicted molar refractivity (Wildman–Crippen MR) is 66.0 cm³/mol. The van der Waals surface area contributed by atoms with Gasteiger partial charge in [0.1, 0.15) is 11.4 Å². The molecular weight excluding hydrogens is 252 g/mol. The van der Waals surface area contributed by atoms with Crippen molar-refractivity contribution in [2.45, 2.75) is 23.9 Å². The SMILES string of the molecule is Cn1nnc2c(SCC(=O)NC3CC3)ncnc21. The van der Waals surface area contributed by atoms with Gasteiger partial charge >= 0.3 is 0 Å². The van der Waals surface area contributed by atoms with Crippen LogP contribution in [-0.2, 0) is 11.8 Å². The van der Waals surface area contributed by atoms with Gasteiger partial charge in [0.2, 0.25) is 5.91 Å². The molecule has 8 heteroatoms. The highest BCUT2D eigenvalue weighted by Gasteiger charge is 2.23. The molecule has 3 rings (SSSR count). The molecule has 2 heterocycles. The average molecular weight is 264 g/mol. The smallest absolute Gasteiger partial charge is 0.230 e. The minimum atomic E-state index is 0.0400. The van der Waals surface area contributed by atoms with E-state index in [1.165, 1.54) is 18.1 Å². The second-order valence-corrected chi connectivity index (χ2v) is 5.16. The summed E-state index contributed by atoms with van der Waals surface area (Å²) in [6, 6.07) is 0.389. The van der Waals surface area contributed by atoms with Crippen molar-refractivity contribution in [2.75, 3.05) is 5.75 Å². The molecule has 0 saturated heterocycles. The van der Waals surface area contributed by atoms with E-state index in [1.807, 2.05) is 0 Å². The number of aromatic nitrogens is 5. The molecule has 0 unspecified atom stereocenters. The van der Waals surface area contributed by atoms with Crippen LogP contribution >= 0.6 is 11.8 Å². The van der Waals surface area contributed by atoms with Crippen LogP contribution in [0.2, 0.25) is 0 Å². The van der Waals surface area contributed by atoms with E-state index < -0.39 is 0 Å². The van der Waals surface area contributed by atoms with E-state index in [0.717, 1.165) is 12.8 Å². The van der Waals surface area contributed by atoms with E-state index in [0.29, 0.717) is 28.0 Å². The van der Waals surface area contributed by atoms with Gasteiger partial charge in [0.15, 0.2) is 11.2 Å². The van der Waals surface area contributed by atoms with E-state index in [1.54, 1.807) is 11.7 Å². The predicted octanol–water partition coefficient (Wildman–Crippen LogP) is 0.129. The second-order valence-electron chi connectivity index (χ2n) is 4.19. The summed E-state index contributed by atoms with van der Waals surface area (Å²) in [5.74, 6) is 0.386. The molecule has 94 valence electrons. The normalized spacial score (nSPS) is 14.9. The number of thioether (sulfide) groups is 1. The van der Waals surface area contributed by atoms with Gasteiger partial charge in [0.25, 0.3) is 0 Å². The third-order valence-electron chi connectivity index (χ3n) is 2.64. The van der Waals surface area contributed by atoms with Crippen molar-refractivity contribution < 1.29 is 4.79 Å². The Hall–Kier alpha value is -1.70. The van der Waals surface area contributed by atoms with Crippen LogP contribution < -0.4 is 5.32 Å². The lowest BCUT2D eigenvalue weighted by molar-refractivity contribution is -0.118. The van der Waals surface area contributed by atoms with E-state index in [9.17, 15) is 4.79 Å². The summed E-state index contributed by atoms with van der Waals surface area (Å²) in [6.07, 6.45) is 3.66. The number of carbonyl (C=O) groups excluding carboxylic acids is 1. The molecule has 1 amide bonds. The third kappa shape index (κ3) is 2.28. The first-order valence-electron chi connectivity index (χ1n) is 5.66. The molecule has 1 saturated carbocycles. The minimum Gasteiger partial charge on any atom is -0.353 e. The molecule has 1 aliphatic rings. The number of amides is 1. The Bertz CT molecular complexity index is 593. The van der Waals surface area contributed by atoms with Crippen LogP contribution in [0.25, 0.3) is 11.2 Å². The third-order valence-corrected chi connectivity index (χ3v) is 3.62. The molecule has 1 aliphatic carbocycles. The zero-order valence-corrected chi connectivity index (χ0v) is 10.6. The number of nitrogens with one attached hydrogen (secondary N) is 1. The number of rotatable bonds is 4. The van der Waals surface area contributed by atoms with Crippen LogP contribution in [0.15, 0.2) is 11.4 Å². The lowest BCUT2D eigenvalue weighted by Crippen LogP contribution is -2.27. The van der Waals surface area contributed by atoms with Gasteiger partial charge in [-0.05, 0) is 12.8 Å². The highest BCUT2D eigenvalue weighted by Crippen LogP contribution is 2.23. The van der Waals surface area contributed by atoms with Gasteiger partial charge < -0.3 is 5.32 Å². The molecule has 2 aromatic heterocycles. The van der Waals surface area contributed by atoms with Crippen molar-refractivity contribution in [3.63, 3.8) is 0 Å². The van der Waals surface area contributed by atoms with Crippen LogP contribution in [-0.4, -0.2) is 42.7 Å². The van der Waals surface area contributed by atoms with Crippen LogP contribution in [0.4, 0.5) is 0 Å². The van der Waals surface area contributed by atoms with Crippen molar-refractivity contribution in [2.24, 2.45) is 7.05 Å². The summed E-state index contributed by atoms with van der Waals surface area (Å²) in [7, 11) is 1.77. The monoisotopic (exact) mass is 264 g/mol. The molecule has 7 nitrogen and oxygen atoms in total. The first-order chi connectivity index (χ1) is 8.74. The molecule has 0 spiro atoms. The van der Waals surface area contributed by atoms with E-state index in [2.05, 4.69) is 25.6 Å². The summed E-state index contributed by atoms with van der Waals surface area (Å²) in [6.45, 7) is 0. The van der Waals surface area contributed by atoms with Gasteiger partial charge in [-0.3, -0.25) is 4.79 Å². The van der Waals surface area contributed by atoms with Gasteiger partial charge in [0, 0.05) is 13.1 Å². The Morgan fingerprint density at radius 1 is 1.56 bits per heavy atom. The summed E-state index contributed by atoms with van der Waals surface area (Å²) in [5.41, 5.74) is 1.32. The van der Waals surface area contributed by atoms with Crippen molar-refractivity contribution in [3.8, 4) is 0 Å². The van der Waals surface area contributed by atoms with Gasteiger partial charge in [-0.2, -0.15) is 0 Å². The Balaban J connectivity index is 1.71. The van der Waals surface area contributed by atoms with Crippen molar-refractivity contribution in [1.29, 1.82) is 0 Å². The number of aryl methyl sites for hydroxylation is 1. The lowest BCUT2D eigenvalue weighted by atomic mass is 10.5. The molecule has 0 atom stereocenters. The summed E-state index contributed by atoms with van der Waals surface area (Å²) < 4.78 is 1.59. The Morgan fingerprint density at radius 2 is 2.39 bits per heavy atom. The van der Waals surface area contributed by atoms with E-state index in [-0.39, 0.29) is 5.91 Å². The van der Waals surface area contributed by atoms with Crippen LogP contribution in [0.3, 0.4) is 0 Å². The topological polar surface area (TPSA) is 85.6 Å². The maximum absolute atomic E-state index is 11.6. The molecule has 0 radical (unpaired) electrons. The van der Waals surface area contributed by atoms with Crippen molar-refractivity contribution in [3.05, 3.63) is 6.33 Å². The molecule has 0 bridgehead atoms. The van der Waals surface area contributed by atoms with Gasteiger partial charge in [0.05, 0.1) is 5.75 Å². The number of carbonyl (C=O) groups is 1. The highest BCUT2D eigenvalue weighted by atomic mass is 32.2. The Morgan fingerprint density at radius 3 is 3.17 bits per heavy atom. The average Bonchev–Trinajstić information content (AvgIpc) is 3.10. The number of hydrogen-bond acceptors (Lipinski definition) is 6. The van der Waals surface area contributed by atoms with Crippen molar-refractivity contribution >= 4 is 28.8 Å². The molecule has 2 aromatic rings. The Kier molecular flexibility index (Phi) is 2.86. The molecule has 0 aromatic carbocycles. The Labute approximate surface area is 107 Å². The van der Waals surface area contributed by atoms with Gasteiger partial charge in [-0.25, -0.2) is 14.6 Å². The van der Waals surface area contributed by atoms with E-state index >= 15 is 0 Å². The van der Waals surface area contributed by atoms with Crippen LogP contribution in [0.5, 0.6) is 0 Å². The first-order valence-corrected chi connectivity index (χ1v) is 6.65. The summed E-state index contributed by atoms with van der Waals surface area (Å²) in [5, 5.41) is 11.5. The zero-order valence-electron chi connectivity index (χ0n) is 9.83. The second kappa shape index (κ2) is 4.52. The molecular formula is C10H12N6OS. The largest absolute Gasteiger partial charge is 0.353 e. The summed E-state index contributed by atoms with van der Waals surface area (Å²) >= 11 is 1.36. The quantitative estimate of drug-likeness (QED) is 0.624. The van der Waals surface area contributed by atoms with E-state index in [4.69, 9.17) is 0 Å². The maximum atomic E-state index is 11.6. The fourth-order valence-corrected chi connectivity index (χ4v) is 2.31. The zero-order chi connectivity index (χ0) is 12.5. The minimum absolute atomic E-state index is 0.0400. The summed E-state index contributed by atoms with van der Waals surface area (Å²) in [4.78, 5) is 19.8. The van der Waals surface area contributed by atoms with Crippen LogP contribution in [0, 0.1) is 0 Å². The lowest BCUT2D eigenvalue weighted by Gasteiger charge is -2.02. The molecule has 1 fully saturated rings. The van der Waals surface area contributed by atoms with Crippen molar-refractivity contribution in [1.82, 2.24) is 30.3 Å². The van der Waals surface area contributed by atoms with Gasteiger partial charge in [-0.15, -0.1) is 5.10 Å². The number of nitrogens with zero attached hydrogens (tertiary/aromatic N) is 5. The number of hydrogen-bond donors (Lipinski definition) is 1. The fraction of sp³-hybridized carbons (Fsp3) is 0.500. The highest BCUT2D eigenvalue weighted by molar-refractivity contribution is 8.00.